The second-order valence-electron chi connectivity index (χ2n) is 11.7. The number of fused-ring (bicyclic) bond motifs is 1. The van der Waals surface area contributed by atoms with Crippen molar-refractivity contribution in [3.63, 3.8) is 0 Å². The highest BCUT2D eigenvalue weighted by atomic mass is 32.2. The summed E-state index contributed by atoms with van der Waals surface area (Å²) in [5, 5.41) is 12.3. The quantitative estimate of drug-likeness (QED) is 0.340. The molecule has 4 heterocycles. The van der Waals surface area contributed by atoms with E-state index in [2.05, 4.69) is 5.32 Å². The number of rotatable bonds is 9. The van der Waals surface area contributed by atoms with Gasteiger partial charge in [-0.3, -0.25) is 18.7 Å². The molecule has 3 fully saturated rings. The number of aryl methyl sites for hydroxylation is 2. The fourth-order valence-electron chi connectivity index (χ4n) is 6.41. The number of unbranched alkanes of at least 4 members (excludes halogenated alkanes) is 2. The Kier molecular flexibility index (Phi) is 9.38. The molecule has 1 aromatic carbocycles. The van der Waals surface area contributed by atoms with E-state index in [1.165, 1.54) is 13.2 Å². The second kappa shape index (κ2) is 12.8. The normalized spacial score (nSPS) is 23.4. The lowest BCUT2D eigenvalue weighted by Crippen LogP contribution is -2.55. The summed E-state index contributed by atoms with van der Waals surface area (Å²) in [6, 6.07) is 5.14. The molecule has 3 aliphatic rings. The smallest absolute Gasteiger partial charge is 0.329 e. The van der Waals surface area contributed by atoms with E-state index in [0.717, 1.165) is 36.8 Å². The number of carbonyl (C=O) groups excluding carboxylic acids is 2. The number of nitrogens with two attached hydrogens (primary N) is 1. The van der Waals surface area contributed by atoms with Gasteiger partial charge >= 0.3 is 5.69 Å². The lowest BCUT2D eigenvalue weighted by Gasteiger charge is -2.38. The predicted octanol–water partition coefficient (Wildman–Crippen LogP) is 0.0245. The Balaban J connectivity index is 1.10. The molecule has 4 N–H and O–H groups in total. The average Bonchev–Trinajstić information content (AvgIpc) is 3.23. The molecule has 13 nitrogen and oxygen atoms in total. The van der Waals surface area contributed by atoms with Crippen LogP contribution in [0, 0.1) is 0 Å². The first-order valence-corrected chi connectivity index (χ1v) is 16.4. The molecular formula is C28H43N7O6S. The number of aliphatic hydroxyl groups is 1. The molecule has 3 aliphatic heterocycles. The van der Waals surface area contributed by atoms with Crippen LogP contribution in [0.3, 0.4) is 0 Å². The number of piperidine rings is 2. The van der Waals surface area contributed by atoms with Crippen molar-refractivity contribution in [1.29, 1.82) is 0 Å². The number of aliphatic hydroxyl groups excluding tert-OH is 1. The molecule has 2 atom stereocenters. The van der Waals surface area contributed by atoms with Crippen molar-refractivity contribution >= 4 is 33.1 Å². The van der Waals surface area contributed by atoms with Crippen molar-refractivity contribution in [2.45, 2.75) is 76.1 Å². The highest BCUT2D eigenvalue weighted by Crippen LogP contribution is 2.26. The summed E-state index contributed by atoms with van der Waals surface area (Å²) >= 11 is 0. The number of amides is 2. The monoisotopic (exact) mass is 605 g/mol. The molecule has 0 bridgehead atoms. The number of hydrogen-bond donors (Lipinski definition) is 3. The van der Waals surface area contributed by atoms with Crippen LogP contribution in [0.25, 0.3) is 11.0 Å². The first-order chi connectivity index (χ1) is 20.1. The van der Waals surface area contributed by atoms with Crippen LogP contribution in [0.5, 0.6) is 0 Å². The van der Waals surface area contributed by atoms with Crippen LogP contribution in [0.1, 0.15) is 63.0 Å². The first kappa shape index (κ1) is 30.7. The fraction of sp³-hybridized carbons (Fsp3) is 0.679. The van der Waals surface area contributed by atoms with E-state index >= 15 is 0 Å². The van der Waals surface area contributed by atoms with E-state index in [9.17, 15) is 27.9 Å². The SMILES string of the molecule is Cn1c(=O)n(C2CCC(O)NC2=O)c2cccc(CCCCCC(=O)N3CCN(S(=O)(=O)N4CCC(N)CC4)CC3)c21. The number of piperazine rings is 1. The molecule has 5 rings (SSSR count). The number of imidazole rings is 1. The lowest BCUT2D eigenvalue weighted by atomic mass is 10.0. The maximum absolute atomic E-state index is 13.1. The van der Waals surface area contributed by atoms with E-state index in [0.29, 0.717) is 76.9 Å². The Morgan fingerprint density at radius 3 is 2.36 bits per heavy atom. The van der Waals surface area contributed by atoms with Gasteiger partial charge in [0.2, 0.25) is 11.8 Å². The number of carbonyl (C=O) groups is 2. The first-order valence-electron chi connectivity index (χ1n) is 15.0. The molecule has 2 unspecified atom stereocenters. The number of nitrogens with zero attached hydrogens (tertiary/aromatic N) is 5. The number of hydrogen-bond acceptors (Lipinski definition) is 7. The van der Waals surface area contributed by atoms with Crippen molar-refractivity contribution in [3.05, 3.63) is 34.2 Å². The van der Waals surface area contributed by atoms with Crippen LogP contribution in [0.4, 0.5) is 0 Å². The van der Waals surface area contributed by atoms with Gasteiger partial charge in [-0.05, 0) is 56.6 Å². The van der Waals surface area contributed by atoms with Gasteiger partial charge in [-0.15, -0.1) is 0 Å². The largest absolute Gasteiger partial charge is 0.374 e. The summed E-state index contributed by atoms with van der Waals surface area (Å²) in [7, 11) is -1.81. The van der Waals surface area contributed by atoms with Crippen LogP contribution in [0.2, 0.25) is 0 Å². The van der Waals surface area contributed by atoms with Crippen molar-refractivity contribution < 1.29 is 23.1 Å². The Labute approximate surface area is 246 Å². The van der Waals surface area contributed by atoms with Gasteiger partial charge in [0, 0.05) is 58.8 Å². The Bertz CT molecular complexity index is 1450. The standard InChI is InChI=1S/C28H43N7O6S/c1-31-26-20(7-5-8-22(26)35(28(31)39)23-10-11-24(36)30-27(23)38)6-3-2-4-9-25(37)32-16-18-34(19-17-32)42(40,41)33-14-12-21(29)13-15-33/h5,7-8,21,23-24,36H,2-4,6,9-19,29H2,1H3,(H,30,38). The van der Waals surface area contributed by atoms with Crippen molar-refractivity contribution in [3.8, 4) is 0 Å². The summed E-state index contributed by atoms with van der Waals surface area (Å²) in [6.45, 7) is 2.31. The van der Waals surface area contributed by atoms with Gasteiger partial charge in [0.15, 0.2) is 0 Å². The number of nitrogens with one attached hydrogen (secondary N) is 1. The molecule has 0 saturated carbocycles. The number of benzene rings is 1. The van der Waals surface area contributed by atoms with Crippen molar-refractivity contribution in [2.75, 3.05) is 39.3 Å². The maximum atomic E-state index is 13.1. The summed E-state index contributed by atoms with van der Waals surface area (Å²) in [5.41, 5.74) is 8.18. The summed E-state index contributed by atoms with van der Waals surface area (Å²) in [5.74, 6) is -0.304. The average molecular weight is 606 g/mol. The minimum atomic E-state index is -3.52. The zero-order chi connectivity index (χ0) is 30.0. The van der Waals surface area contributed by atoms with Crippen LogP contribution >= 0.6 is 0 Å². The van der Waals surface area contributed by atoms with Gasteiger partial charge < -0.3 is 21.1 Å². The van der Waals surface area contributed by atoms with Gasteiger partial charge in [-0.1, -0.05) is 18.6 Å². The third kappa shape index (κ3) is 6.27. The molecule has 42 heavy (non-hydrogen) atoms. The van der Waals surface area contributed by atoms with E-state index < -0.39 is 22.5 Å². The zero-order valence-corrected chi connectivity index (χ0v) is 25.1. The van der Waals surface area contributed by atoms with Crippen LogP contribution in [-0.2, 0) is 33.3 Å². The van der Waals surface area contributed by atoms with Crippen LogP contribution < -0.4 is 16.7 Å². The molecule has 232 valence electrons. The molecule has 2 aromatic rings. The van der Waals surface area contributed by atoms with E-state index in [-0.39, 0.29) is 23.5 Å². The Hall–Kier alpha value is -2.78. The van der Waals surface area contributed by atoms with Crippen LogP contribution in [0.15, 0.2) is 23.0 Å². The summed E-state index contributed by atoms with van der Waals surface area (Å²) in [4.78, 5) is 40.3. The minimum Gasteiger partial charge on any atom is -0.374 e. The molecule has 1 aromatic heterocycles. The van der Waals surface area contributed by atoms with Crippen LogP contribution in [-0.4, -0.2) is 99.5 Å². The Morgan fingerprint density at radius 1 is 0.976 bits per heavy atom. The molecular weight excluding hydrogens is 562 g/mol. The minimum absolute atomic E-state index is 0.0495. The van der Waals surface area contributed by atoms with E-state index in [1.807, 2.05) is 18.2 Å². The zero-order valence-electron chi connectivity index (χ0n) is 24.3. The lowest BCUT2D eigenvalue weighted by molar-refractivity contribution is -0.132. The third-order valence-electron chi connectivity index (χ3n) is 8.90. The van der Waals surface area contributed by atoms with Crippen molar-refractivity contribution in [1.82, 2.24) is 28.0 Å². The number of para-hydroxylation sites is 1. The molecule has 0 radical (unpaired) electrons. The molecule has 0 spiro atoms. The highest BCUT2D eigenvalue weighted by molar-refractivity contribution is 7.86. The van der Waals surface area contributed by atoms with E-state index in [4.69, 9.17) is 5.73 Å². The fourth-order valence-corrected chi connectivity index (χ4v) is 8.04. The topological polar surface area (TPSA) is 163 Å². The molecule has 0 aliphatic carbocycles. The highest BCUT2D eigenvalue weighted by Gasteiger charge is 2.35. The molecule has 14 heteroatoms. The number of aromatic nitrogens is 2. The van der Waals surface area contributed by atoms with Gasteiger partial charge in [-0.2, -0.15) is 17.0 Å². The van der Waals surface area contributed by atoms with Crippen molar-refractivity contribution in [2.24, 2.45) is 12.8 Å². The molecule has 2 amide bonds. The molecule has 3 saturated heterocycles. The van der Waals surface area contributed by atoms with Gasteiger partial charge in [0.1, 0.15) is 12.3 Å². The van der Waals surface area contributed by atoms with Gasteiger partial charge in [0.05, 0.1) is 11.0 Å². The van der Waals surface area contributed by atoms with E-state index in [1.54, 1.807) is 16.5 Å². The third-order valence-corrected chi connectivity index (χ3v) is 10.9. The Morgan fingerprint density at radius 2 is 1.67 bits per heavy atom. The summed E-state index contributed by atoms with van der Waals surface area (Å²) in [6.07, 6.45) is 4.79. The second-order valence-corrected chi connectivity index (χ2v) is 13.6. The maximum Gasteiger partial charge on any atom is 0.329 e. The summed E-state index contributed by atoms with van der Waals surface area (Å²) < 4.78 is 32.1. The predicted molar refractivity (Wildman–Crippen MR) is 158 cm³/mol. The van der Waals surface area contributed by atoms with Gasteiger partial charge in [0.25, 0.3) is 10.2 Å². The van der Waals surface area contributed by atoms with Gasteiger partial charge in [-0.25, -0.2) is 4.79 Å².